The molecule has 3 unspecified atom stereocenters. The molecule has 0 amide bonds. The molecule has 4 aliphatic heterocycles. The molecule has 0 radical (unpaired) electrons. The largest absolute Gasteiger partial charge is 0.360 e. The summed E-state index contributed by atoms with van der Waals surface area (Å²) in [4.78, 5) is 13.1. The van der Waals surface area contributed by atoms with E-state index in [2.05, 4.69) is 83.7 Å². The van der Waals surface area contributed by atoms with Crippen LogP contribution in [0.4, 0.5) is 0 Å². The van der Waals surface area contributed by atoms with E-state index in [4.69, 9.17) is 11.1 Å². The molecule has 10 heteroatoms. The first kappa shape index (κ1) is 22.4. The fourth-order valence-electron chi connectivity index (χ4n) is 5.77. The highest BCUT2D eigenvalue weighted by atomic mass is 15.3. The van der Waals surface area contributed by atoms with Crippen molar-refractivity contribution < 1.29 is 0 Å². The maximum atomic E-state index is 8.71. The Morgan fingerprint density at radius 3 is 2.32 bits per heavy atom. The van der Waals surface area contributed by atoms with Crippen molar-refractivity contribution >= 4 is 5.70 Å². The first-order valence-corrected chi connectivity index (χ1v) is 11.8. The quantitative estimate of drug-likeness (QED) is 0.361. The summed E-state index contributed by atoms with van der Waals surface area (Å²) in [5.41, 5.74) is 22.0. The van der Waals surface area contributed by atoms with E-state index in [-0.39, 0.29) is 25.2 Å². The Hall–Kier alpha value is -3.42. The fourth-order valence-corrected chi connectivity index (χ4v) is 5.77. The Bertz CT molecular complexity index is 1060. The molecular weight excluding hydrogens is 428 g/mol. The molecule has 1 aromatic rings. The lowest BCUT2D eigenvalue weighted by atomic mass is 9.97. The first-order chi connectivity index (χ1) is 16.7. The van der Waals surface area contributed by atoms with Crippen molar-refractivity contribution in [3.05, 3.63) is 86.4 Å². The average Bonchev–Trinajstić information content (AvgIpc) is 3.50. The van der Waals surface area contributed by atoms with Gasteiger partial charge >= 0.3 is 0 Å². The van der Waals surface area contributed by atoms with Crippen molar-refractivity contribution in [1.29, 1.82) is 0 Å². The molecule has 0 aromatic heterocycles. The SMILES string of the molecule is CN1CC2CN(CC3=C(c4ccc(C(CN=[N+]=[N-])CN=[N+]=[N-])cc4)NC4C=CC=CN34)CC2C1. The summed E-state index contributed by atoms with van der Waals surface area (Å²) in [5.74, 6) is 1.42. The minimum Gasteiger partial charge on any atom is -0.360 e. The zero-order valence-corrected chi connectivity index (χ0v) is 19.4. The van der Waals surface area contributed by atoms with E-state index < -0.39 is 0 Å². The van der Waals surface area contributed by atoms with E-state index >= 15 is 0 Å². The predicted molar refractivity (Wildman–Crippen MR) is 132 cm³/mol. The lowest BCUT2D eigenvalue weighted by Crippen LogP contribution is -2.36. The highest BCUT2D eigenvalue weighted by molar-refractivity contribution is 5.70. The zero-order valence-electron chi connectivity index (χ0n) is 19.4. The standard InChI is InChI=1S/C24H30N10/c1-32-12-20-14-33(15-21(20)13-32)16-22-24(29-23-4-2-3-9-34(22)23)18-7-5-17(6-8-18)19(10-27-30-25)11-28-31-26/h2-9,19-21,23,29H,10-16H2,1H3. The monoisotopic (exact) mass is 458 g/mol. The molecule has 4 heterocycles. The Balaban J connectivity index is 1.39. The number of allylic oxidation sites excluding steroid dienone is 2. The highest BCUT2D eigenvalue weighted by Crippen LogP contribution is 2.35. The van der Waals surface area contributed by atoms with Crippen LogP contribution in [-0.4, -0.2) is 73.7 Å². The third-order valence-corrected chi connectivity index (χ3v) is 7.36. The van der Waals surface area contributed by atoms with Gasteiger partial charge in [0.15, 0.2) is 0 Å². The summed E-state index contributed by atoms with van der Waals surface area (Å²) >= 11 is 0. The number of fused-ring (bicyclic) bond motifs is 2. The molecule has 2 fully saturated rings. The second-order valence-electron chi connectivity index (χ2n) is 9.63. The van der Waals surface area contributed by atoms with Crippen LogP contribution in [0.15, 0.2) is 64.6 Å². The average molecular weight is 459 g/mol. The molecule has 2 saturated heterocycles. The topological polar surface area (TPSA) is 119 Å². The predicted octanol–water partition coefficient (Wildman–Crippen LogP) is 3.87. The lowest BCUT2D eigenvalue weighted by molar-refractivity contribution is 0.272. The molecule has 0 saturated carbocycles. The molecule has 0 spiro atoms. The van der Waals surface area contributed by atoms with Gasteiger partial charge in [-0.2, -0.15) is 0 Å². The summed E-state index contributed by atoms with van der Waals surface area (Å²) in [5, 5.41) is 11.1. The van der Waals surface area contributed by atoms with Crippen LogP contribution in [0, 0.1) is 11.8 Å². The van der Waals surface area contributed by atoms with E-state index in [1.54, 1.807) is 0 Å². The Kier molecular flexibility index (Phi) is 6.47. The summed E-state index contributed by atoms with van der Waals surface area (Å²) in [7, 11) is 2.23. The third kappa shape index (κ3) is 4.49. The molecule has 0 bridgehead atoms. The van der Waals surface area contributed by atoms with E-state index in [9.17, 15) is 0 Å². The number of rotatable bonds is 8. The van der Waals surface area contributed by atoms with Gasteiger partial charge in [-0.15, -0.1) is 0 Å². The van der Waals surface area contributed by atoms with Crippen molar-refractivity contribution in [2.45, 2.75) is 12.1 Å². The van der Waals surface area contributed by atoms with Crippen molar-refractivity contribution in [3.63, 3.8) is 0 Å². The molecule has 1 N–H and O–H groups in total. The van der Waals surface area contributed by atoms with E-state index in [1.165, 1.54) is 18.8 Å². The molecule has 5 rings (SSSR count). The van der Waals surface area contributed by atoms with Crippen molar-refractivity contribution in [2.24, 2.45) is 22.1 Å². The molecular formula is C24H30N10. The maximum absolute atomic E-state index is 8.71. The maximum Gasteiger partial charge on any atom is 0.123 e. The summed E-state index contributed by atoms with van der Waals surface area (Å²) in [6.07, 6.45) is 8.66. The van der Waals surface area contributed by atoms with Gasteiger partial charge in [0.2, 0.25) is 0 Å². The molecule has 176 valence electrons. The fraction of sp³-hybridized carbons (Fsp3) is 0.500. The van der Waals surface area contributed by atoms with Crippen LogP contribution in [0.2, 0.25) is 0 Å². The second kappa shape index (κ2) is 9.83. The highest BCUT2D eigenvalue weighted by Gasteiger charge is 2.40. The van der Waals surface area contributed by atoms with Crippen molar-refractivity contribution in [1.82, 2.24) is 20.0 Å². The van der Waals surface area contributed by atoms with Gasteiger partial charge in [-0.25, -0.2) is 0 Å². The molecule has 10 nitrogen and oxygen atoms in total. The van der Waals surface area contributed by atoms with Gasteiger partial charge in [-0.1, -0.05) is 40.6 Å². The normalized spacial score (nSPS) is 26.6. The number of hydrogen-bond acceptors (Lipinski definition) is 6. The lowest BCUT2D eigenvalue weighted by Gasteiger charge is -2.28. The molecule has 3 atom stereocenters. The zero-order chi connectivity index (χ0) is 23.5. The number of benzene rings is 1. The second-order valence-corrected chi connectivity index (χ2v) is 9.63. The Morgan fingerprint density at radius 1 is 1.00 bits per heavy atom. The van der Waals surface area contributed by atoms with E-state index in [0.717, 1.165) is 48.3 Å². The van der Waals surface area contributed by atoms with Gasteiger partial charge in [0, 0.05) is 61.8 Å². The van der Waals surface area contributed by atoms with Crippen LogP contribution in [-0.2, 0) is 0 Å². The van der Waals surface area contributed by atoms with E-state index in [1.807, 2.05) is 12.1 Å². The van der Waals surface area contributed by atoms with Crippen molar-refractivity contribution in [2.75, 3.05) is 52.9 Å². The molecule has 4 aliphatic rings. The molecule has 1 aromatic carbocycles. The number of nitrogens with zero attached hydrogens (tertiary/aromatic N) is 9. The van der Waals surface area contributed by atoms with Crippen molar-refractivity contribution in [3.8, 4) is 0 Å². The Labute approximate surface area is 199 Å². The van der Waals surface area contributed by atoms with Crippen LogP contribution in [0.1, 0.15) is 17.0 Å². The first-order valence-electron chi connectivity index (χ1n) is 11.8. The van der Waals surface area contributed by atoms with Crippen LogP contribution in [0.3, 0.4) is 0 Å². The number of nitrogens with one attached hydrogen (secondary N) is 1. The van der Waals surface area contributed by atoms with Crippen LogP contribution in [0.25, 0.3) is 26.6 Å². The minimum absolute atomic E-state index is 0.130. The number of likely N-dealkylation sites (tertiary alicyclic amines) is 2. The third-order valence-electron chi connectivity index (χ3n) is 7.36. The number of azide groups is 2. The van der Waals surface area contributed by atoms with Gasteiger partial charge in [0.1, 0.15) is 6.17 Å². The van der Waals surface area contributed by atoms with Gasteiger partial charge in [0.05, 0.1) is 11.4 Å². The van der Waals surface area contributed by atoms with Crippen LogP contribution >= 0.6 is 0 Å². The minimum atomic E-state index is -0.134. The van der Waals surface area contributed by atoms with Crippen LogP contribution < -0.4 is 5.32 Å². The summed E-state index contributed by atoms with van der Waals surface area (Å²) in [6, 6.07) is 8.31. The van der Waals surface area contributed by atoms with E-state index in [0.29, 0.717) is 0 Å². The summed E-state index contributed by atoms with van der Waals surface area (Å²) in [6.45, 7) is 6.17. The van der Waals surface area contributed by atoms with Gasteiger partial charge in [0.25, 0.3) is 0 Å². The summed E-state index contributed by atoms with van der Waals surface area (Å²) < 4.78 is 0. The number of hydrogen-bond donors (Lipinski definition) is 1. The van der Waals surface area contributed by atoms with Gasteiger partial charge < -0.3 is 15.1 Å². The molecule has 34 heavy (non-hydrogen) atoms. The molecule has 0 aliphatic carbocycles. The van der Waals surface area contributed by atoms with Crippen LogP contribution in [0.5, 0.6) is 0 Å². The smallest absolute Gasteiger partial charge is 0.123 e. The van der Waals surface area contributed by atoms with Gasteiger partial charge in [-0.3, -0.25) is 4.90 Å². The Morgan fingerprint density at radius 2 is 1.68 bits per heavy atom. The van der Waals surface area contributed by atoms with Gasteiger partial charge in [-0.05, 0) is 59.1 Å².